The first kappa shape index (κ1) is 16.8. The molecule has 0 aliphatic heterocycles. The molecule has 0 aliphatic rings. The number of rotatable bonds is 6. The van der Waals surface area contributed by atoms with Crippen molar-refractivity contribution < 1.29 is 23.5 Å². The van der Waals surface area contributed by atoms with Gasteiger partial charge in [-0.15, -0.1) is 22.7 Å². The third-order valence-electron chi connectivity index (χ3n) is 2.54. The highest BCUT2D eigenvalue weighted by molar-refractivity contribution is 7.23. The minimum Gasteiger partial charge on any atom is -0.480 e. The van der Waals surface area contributed by atoms with Gasteiger partial charge >= 0.3 is 5.97 Å². The Bertz CT molecular complexity index is 689. The molecule has 1 atom stereocenters. The maximum atomic E-state index is 12.3. The smallest absolute Gasteiger partial charge is 0.326 e. The van der Waals surface area contributed by atoms with Gasteiger partial charge in [0, 0.05) is 11.8 Å². The van der Waals surface area contributed by atoms with E-state index in [1.165, 1.54) is 28.1 Å². The van der Waals surface area contributed by atoms with Gasteiger partial charge in [-0.05, 0) is 12.1 Å². The molecule has 2 N–H and O–H groups in total. The van der Waals surface area contributed by atoms with Crippen LogP contribution in [0.5, 0.6) is 0 Å². The van der Waals surface area contributed by atoms with Crippen LogP contribution in [0.15, 0.2) is 17.5 Å². The van der Waals surface area contributed by atoms with Crippen LogP contribution in [0.2, 0.25) is 4.34 Å². The van der Waals surface area contributed by atoms with E-state index in [0.717, 1.165) is 4.88 Å². The first-order chi connectivity index (χ1) is 10.4. The Balaban J connectivity index is 2.09. The number of aliphatic carboxylic acids is 1. The van der Waals surface area contributed by atoms with Crippen LogP contribution >= 0.6 is 34.3 Å². The molecule has 2 aromatic rings. The van der Waals surface area contributed by atoms with Crippen LogP contribution in [-0.4, -0.2) is 34.4 Å². The molecule has 1 amide bonds. The third-order valence-corrected chi connectivity index (χ3v) is 4.78. The van der Waals surface area contributed by atoms with Crippen LogP contribution in [0.25, 0.3) is 9.88 Å². The fourth-order valence-corrected chi connectivity index (χ4v) is 3.47. The number of carbonyl (C=O) groups is 2. The Labute approximate surface area is 136 Å². The van der Waals surface area contributed by atoms with E-state index in [1.807, 2.05) is 5.32 Å². The fourth-order valence-electron chi connectivity index (χ4n) is 1.55. The Kier molecular flexibility index (Phi) is 5.43. The first-order valence-corrected chi connectivity index (χ1v) is 7.97. The summed E-state index contributed by atoms with van der Waals surface area (Å²) >= 11 is 8.27. The van der Waals surface area contributed by atoms with Gasteiger partial charge in [-0.25, -0.2) is 18.6 Å². The van der Waals surface area contributed by atoms with Crippen LogP contribution in [-0.2, 0) is 4.79 Å². The number of hydrogen-bond donors (Lipinski definition) is 2. The van der Waals surface area contributed by atoms with Crippen molar-refractivity contribution in [1.29, 1.82) is 0 Å². The molecule has 0 bridgehead atoms. The number of aromatic nitrogens is 1. The van der Waals surface area contributed by atoms with Gasteiger partial charge in [0.2, 0.25) is 6.43 Å². The molecule has 10 heteroatoms. The molecule has 0 saturated carbocycles. The zero-order chi connectivity index (χ0) is 16.3. The number of nitrogens with zero attached hydrogens (tertiary/aromatic N) is 1. The number of thiazole rings is 1. The fraction of sp³-hybridized carbons (Fsp3) is 0.250. The van der Waals surface area contributed by atoms with Gasteiger partial charge in [0.05, 0.1) is 9.21 Å². The summed E-state index contributed by atoms with van der Waals surface area (Å²) in [6.45, 7) is 0. The van der Waals surface area contributed by atoms with E-state index >= 15 is 0 Å². The Morgan fingerprint density at radius 3 is 2.68 bits per heavy atom. The van der Waals surface area contributed by atoms with E-state index in [-0.39, 0.29) is 5.69 Å². The van der Waals surface area contributed by atoms with Gasteiger partial charge in [-0.1, -0.05) is 11.6 Å². The van der Waals surface area contributed by atoms with E-state index in [1.54, 1.807) is 12.1 Å². The SMILES string of the molecule is O=C(NC(CC(F)F)C(=O)O)c1csc(-c2ccc(Cl)s2)n1. The van der Waals surface area contributed by atoms with Crippen molar-refractivity contribution in [2.45, 2.75) is 18.9 Å². The molecule has 118 valence electrons. The van der Waals surface area contributed by atoms with Gasteiger partial charge in [0.1, 0.15) is 16.7 Å². The summed E-state index contributed by atoms with van der Waals surface area (Å²) in [5, 5.41) is 12.8. The van der Waals surface area contributed by atoms with Crippen molar-refractivity contribution in [3.05, 3.63) is 27.5 Å². The van der Waals surface area contributed by atoms with Crippen molar-refractivity contribution in [2.24, 2.45) is 0 Å². The number of halogens is 3. The summed E-state index contributed by atoms with van der Waals surface area (Å²) in [5.41, 5.74) is -0.0231. The second-order valence-electron chi connectivity index (χ2n) is 4.13. The molecule has 0 saturated heterocycles. The number of nitrogens with one attached hydrogen (secondary N) is 1. The second-order valence-corrected chi connectivity index (χ2v) is 6.71. The van der Waals surface area contributed by atoms with E-state index in [0.29, 0.717) is 9.34 Å². The molecule has 2 aromatic heterocycles. The van der Waals surface area contributed by atoms with Gasteiger partial charge in [-0.3, -0.25) is 4.79 Å². The average Bonchev–Trinajstić information content (AvgIpc) is 3.05. The van der Waals surface area contributed by atoms with E-state index in [2.05, 4.69) is 4.98 Å². The monoisotopic (exact) mass is 366 g/mol. The molecular weight excluding hydrogens is 358 g/mol. The van der Waals surface area contributed by atoms with E-state index in [9.17, 15) is 18.4 Å². The van der Waals surface area contributed by atoms with Crippen LogP contribution in [0, 0.1) is 0 Å². The minimum absolute atomic E-state index is 0.0231. The van der Waals surface area contributed by atoms with Crippen LogP contribution < -0.4 is 5.32 Å². The Morgan fingerprint density at radius 2 is 2.14 bits per heavy atom. The van der Waals surface area contributed by atoms with Crippen molar-refractivity contribution in [1.82, 2.24) is 10.3 Å². The van der Waals surface area contributed by atoms with Gasteiger partial charge < -0.3 is 10.4 Å². The molecule has 0 fully saturated rings. The van der Waals surface area contributed by atoms with Gasteiger partial charge in [0.15, 0.2) is 0 Å². The number of hydrogen-bond acceptors (Lipinski definition) is 5. The number of carboxylic acid groups (broad SMARTS) is 1. The molecule has 0 radical (unpaired) electrons. The summed E-state index contributed by atoms with van der Waals surface area (Å²) in [7, 11) is 0. The Morgan fingerprint density at radius 1 is 1.41 bits per heavy atom. The summed E-state index contributed by atoms with van der Waals surface area (Å²) in [6, 6.07) is 1.77. The van der Waals surface area contributed by atoms with Crippen LogP contribution in [0.4, 0.5) is 8.78 Å². The lowest BCUT2D eigenvalue weighted by Crippen LogP contribution is -2.42. The average molecular weight is 367 g/mol. The zero-order valence-electron chi connectivity index (χ0n) is 10.8. The van der Waals surface area contributed by atoms with Gasteiger partial charge in [-0.2, -0.15) is 0 Å². The summed E-state index contributed by atoms with van der Waals surface area (Å²) in [4.78, 5) is 27.6. The molecular formula is C12H9ClF2N2O3S2. The lowest BCUT2D eigenvalue weighted by Gasteiger charge is -2.12. The van der Waals surface area contributed by atoms with E-state index < -0.39 is 30.8 Å². The predicted molar refractivity (Wildman–Crippen MR) is 79.9 cm³/mol. The first-order valence-electron chi connectivity index (χ1n) is 5.90. The maximum Gasteiger partial charge on any atom is 0.326 e. The maximum absolute atomic E-state index is 12.3. The molecule has 22 heavy (non-hydrogen) atoms. The van der Waals surface area contributed by atoms with Crippen LogP contribution in [0.3, 0.4) is 0 Å². The zero-order valence-corrected chi connectivity index (χ0v) is 13.1. The molecule has 0 aromatic carbocycles. The van der Waals surface area contributed by atoms with Crippen LogP contribution in [0.1, 0.15) is 16.9 Å². The molecule has 5 nitrogen and oxygen atoms in total. The number of amides is 1. The normalized spacial score (nSPS) is 12.4. The third kappa shape index (κ3) is 4.21. The Hall–Kier alpha value is -1.58. The van der Waals surface area contributed by atoms with Crippen molar-refractivity contribution in [2.75, 3.05) is 0 Å². The molecule has 0 spiro atoms. The number of thiophene rings is 1. The summed E-state index contributed by atoms with van der Waals surface area (Å²) < 4.78 is 25.1. The van der Waals surface area contributed by atoms with Gasteiger partial charge in [0.25, 0.3) is 5.91 Å². The minimum atomic E-state index is -2.83. The summed E-state index contributed by atoms with van der Waals surface area (Å²) in [5.74, 6) is -2.33. The van der Waals surface area contributed by atoms with E-state index in [4.69, 9.17) is 16.7 Å². The highest BCUT2D eigenvalue weighted by Crippen LogP contribution is 2.32. The van der Waals surface area contributed by atoms with Crippen molar-refractivity contribution in [3.8, 4) is 9.88 Å². The largest absolute Gasteiger partial charge is 0.480 e. The quantitative estimate of drug-likeness (QED) is 0.821. The number of carbonyl (C=O) groups excluding carboxylic acids is 1. The predicted octanol–water partition coefficient (Wildman–Crippen LogP) is 3.36. The number of carboxylic acids is 1. The lowest BCUT2D eigenvalue weighted by atomic mass is 10.2. The molecule has 1 unspecified atom stereocenters. The van der Waals surface area contributed by atoms with Crippen molar-refractivity contribution in [3.63, 3.8) is 0 Å². The summed E-state index contributed by atoms with van der Waals surface area (Å²) in [6.07, 6.45) is -3.79. The highest BCUT2D eigenvalue weighted by Gasteiger charge is 2.25. The highest BCUT2D eigenvalue weighted by atomic mass is 35.5. The second kappa shape index (κ2) is 7.12. The lowest BCUT2D eigenvalue weighted by molar-refractivity contribution is -0.140. The number of alkyl halides is 2. The standard InChI is InChI=1S/C12H9ClF2N2O3S2/c13-8-2-1-7(22-8)11-17-6(4-21-11)10(18)16-5(12(19)20)3-9(14)15/h1-2,4-5,9H,3H2,(H,16,18)(H,19,20). The topological polar surface area (TPSA) is 79.3 Å². The molecule has 2 heterocycles. The van der Waals surface area contributed by atoms with Crippen molar-refractivity contribution >= 4 is 46.2 Å². The molecule has 2 rings (SSSR count). The molecule has 0 aliphatic carbocycles.